The highest BCUT2D eigenvalue weighted by atomic mass is 16.2. The molecule has 110 valence electrons. The number of benzene rings is 2. The third kappa shape index (κ3) is 3.57. The van der Waals surface area contributed by atoms with Crippen molar-refractivity contribution in [3.05, 3.63) is 85.0 Å². The van der Waals surface area contributed by atoms with Crippen LogP contribution in [0.3, 0.4) is 0 Å². The molecule has 2 nitrogen and oxygen atoms in total. The lowest BCUT2D eigenvalue weighted by Crippen LogP contribution is -2.13. The molecule has 0 radical (unpaired) electrons. The summed E-state index contributed by atoms with van der Waals surface area (Å²) in [4.78, 5) is 0. The van der Waals surface area contributed by atoms with Crippen molar-refractivity contribution in [2.75, 3.05) is 5.32 Å². The van der Waals surface area contributed by atoms with E-state index >= 15 is 0 Å². The average molecular weight is 289 g/mol. The molecule has 2 N–H and O–H groups in total. The van der Waals surface area contributed by atoms with E-state index in [2.05, 4.69) is 24.5 Å². The van der Waals surface area contributed by atoms with Crippen LogP contribution in [0.4, 0.5) is 11.4 Å². The number of anilines is 2. The Hall–Kier alpha value is -2.52. The second-order valence-corrected chi connectivity index (χ2v) is 5.03. The van der Waals surface area contributed by atoms with Gasteiger partial charge in [0.15, 0.2) is 0 Å². The minimum atomic E-state index is 0.0323. The van der Waals surface area contributed by atoms with Crippen LogP contribution in [-0.2, 0) is 0 Å². The summed E-state index contributed by atoms with van der Waals surface area (Å²) < 4.78 is 0. The van der Waals surface area contributed by atoms with Crippen molar-refractivity contribution < 1.29 is 5.02 Å². The lowest BCUT2D eigenvalue weighted by atomic mass is 9.88. The van der Waals surface area contributed by atoms with Crippen molar-refractivity contribution in [3.63, 3.8) is 0 Å². The van der Waals surface area contributed by atoms with Crippen LogP contribution in [0.2, 0.25) is 0 Å². The molecule has 0 bridgehead atoms. The molecule has 2 rings (SSSR count). The Morgan fingerprint density at radius 1 is 1.09 bits per heavy atom. The fourth-order valence-electron chi connectivity index (χ4n) is 2.32. The van der Waals surface area contributed by atoms with Crippen LogP contribution in [0.25, 0.3) is 5.57 Å². The molecule has 0 aromatic heterocycles. The zero-order chi connectivity index (χ0) is 15.9. The highest BCUT2D eigenvalue weighted by molar-refractivity contribution is 6.45. The maximum Gasteiger partial charge on any atom is 0.304 e. The molecule has 0 atom stereocenters. The van der Waals surface area contributed by atoms with Gasteiger partial charge in [0.25, 0.3) is 0 Å². The van der Waals surface area contributed by atoms with Crippen molar-refractivity contribution in [2.24, 2.45) is 0 Å². The zero-order valence-corrected chi connectivity index (χ0v) is 12.8. The van der Waals surface area contributed by atoms with E-state index in [1.54, 1.807) is 0 Å². The number of hydrogen-bond donors (Lipinski definition) is 2. The summed E-state index contributed by atoms with van der Waals surface area (Å²) in [7, 11) is 0.0323. The second kappa shape index (κ2) is 7.48. The summed E-state index contributed by atoms with van der Waals surface area (Å²) in [5, 5.41) is 12.7. The fraction of sp³-hybridized carbons (Fsp3) is 0.0526. The van der Waals surface area contributed by atoms with E-state index < -0.39 is 0 Å². The number of nitrogens with one attached hydrogen (secondary N) is 1. The van der Waals surface area contributed by atoms with Crippen LogP contribution in [0, 0.1) is 0 Å². The summed E-state index contributed by atoms with van der Waals surface area (Å²) >= 11 is 0. The van der Waals surface area contributed by atoms with Gasteiger partial charge in [-0.3, -0.25) is 0 Å². The molecule has 0 unspecified atom stereocenters. The van der Waals surface area contributed by atoms with E-state index in [0.29, 0.717) is 0 Å². The van der Waals surface area contributed by atoms with Crippen molar-refractivity contribution >= 4 is 29.9 Å². The lowest BCUT2D eigenvalue weighted by Gasteiger charge is -2.14. The fourth-order valence-corrected chi connectivity index (χ4v) is 2.32. The Labute approximate surface area is 132 Å². The molecule has 2 aromatic carbocycles. The SMILES string of the molecule is C=C/C(C)=C(\C=C)c1ccccc1Nc1cccc(BO)c1. The zero-order valence-electron chi connectivity index (χ0n) is 12.8. The van der Waals surface area contributed by atoms with Gasteiger partial charge in [-0.25, -0.2) is 0 Å². The maximum absolute atomic E-state index is 9.25. The average Bonchev–Trinajstić information content (AvgIpc) is 2.57. The van der Waals surface area contributed by atoms with Crippen molar-refractivity contribution in [1.29, 1.82) is 0 Å². The Bertz CT molecular complexity index is 719. The second-order valence-electron chi connectivity index (χ2n) is 5.03. The maximum atomic E-state index is 9.25. The first-order valence-electron chi connectivity index (χ1n) is 7.21. The Balaban J connectivity index is 2.44. The van der Waals surface area contributed by atoms with Gasteiger partial charge in [-0.15, -0.1) is 0 Å². The van der Waals surface area contributed by atoms with Crippen LogP contribution in [0.15, 0.2) is 79.4 Å². The molecule has 2 aromatic rings. The smallest absolute Gasteiger partial charge is 0.304 e. The number of allylic oxidation sites excluding steroid dienone is 4. The third-order valence-electron chi connectivity index (χ3n) is 3.54. The lowest BCUT2D eigenvalue weighted by molar-refractivity contribution is 0.615. The summed E-state index contributed by atoms with van der Waals surface area (Å²) in [6, 6.07) is 15.8. The van der Waals surface area contributed by atoms with E-state index in [1.165, 1.54) is 0 Å². The minimum absolute atomic E-state index is 0.0323. The molecule has 0 fully saturated rings. The minimum Gasteiger partial charge on any atom is -0.449 e. The molecule has 0 aliphatic heterocycles. The highest BCUT2D eigenvalue weighted by Gasteiger charge is 2.07. The Morgan fingerprint density at radius 2 is 1.86 bits per heavy atom. The topological polar surface area (TPSA) is 32.3 Å². The van der Waals surface area contributed by atoms with E-state index in [1.807, 2.05) is 61.5 Å². The molecule has 0 aliphatic carbocycles. The van der Waals surface area contributed by atoms with Crippen LogP contribution in [-0.4, -0.2) is 12.5 Å². The molecule has 0 amide bonds. The van der Waals surface area contributed by atoms with Gasteiger partial charge < -0.3 is 10.3 Å². The molecule has 0 saturated carbocycles. The summed E-state index contributed by atoms with van der Waals surface area (Å²) in [6.45, 7) is 9.77. The van der Waals surface area contributed by atoms with Gasteiger partial charge in [-0.05, 0) is 36.3 Å². The van der Waals surface area contributed by atoms with Crippen molar-refractivity contribution in [3.8, 4) is 0 Å². The van der Waals surface area contributed by atoms with Gasteiger partial charge in [-0.1, -0.05) is 61.1 Å². The van der Waals surface area contributed by atoms with Gasteiger partial charge >= 0.3 is 7.48 Å². The third-order valence-corrected chi connectivity index (χ3v) is 3.54. The Kier molecular flexibility index (Phi) is 5.40. The van der Waals surface area contributed by atoms with E-state index in [4.69, 9.17) is 0 Å². The molecule has 0 saturated heterocycles. The molecule has 0 spiro atoms. The first-order chi connectivity index (χ1) is 10.7. The molecule has 0 aliphatic rings. The van der Waals surface area contributed by atoms with E-state index in [9.17, 15) is 5.02 Å². The molecule has 3 heteroatoms. The number of rotatable bonds is 6. The largest absolute Gasteiger partial charge is 0.449 e. The Morgan fingerprint density at radius 3 is 2.55 bits per heavy atom. The van der Waals surface area contributed by atoms with Crippen molar-refractivity contribution in [2.45, 2.75) is 6.92 Å². The van der Waals surface area contributed by atoms with Crippen LogP contribution < -0.4 is 10.8 Å². The van der Waals surface area contributed by atoms with Crippen LogP contribution in [0.5, 0.6) is 0 Å². The predicted octanol–water partition coefficient (Wildman–Crippen LogP) is 3.54. The molecule has 22 heavy (non-hydrogen) atoms. The van der Waals surface area contributed by atoms with Gasteiger partial charge in [0.2, 0.25) is 0 Å². The first kappa shape index (κ1) is 15.9. The van der Waals surface area contributed by atoms with Crippen molar-refractivity contribution in [1.82, 2.24) is 0 Å². The first-order valence-corrected chi connectivity index (χ1v) is 7.21. The molecule has 0 heterocycles. The van der Waals surface area contributed by atoms with Gasteiger partial charge in [0.05, 0.1) is 0 Å². The molecular weight excluding hydrogens is 269 g/mol. The van der Waals surface area contributed by atoms with Gasteiger partial charge in [0, 0.05) is 16.9 Å². The van der Waals surface area contributed by atoms with Crippen LogP contribution >= 0.6 is 0 Å². The summed E-state index contributed by atoms with van der Waals surface area (Å²) in [6.07, 6.45) is 3.68. The predicted molar refractivity (Wildman–Crippen MR) is 98.2 cm³/mol. The summed E-state index contributed by atoms with van der Waals surface area (Å²) in [5.41, 5.74) is 6.02. The summed E-state index contributed by atoms with van der Waals surface area (Å²) in [5.74, 6) is 0. The van der Waals surface area contributed by atoms with Crippen LogP contribution in [0.1, 0.15) is 12.5 Å². The van der Waals surface area contributed by atoms with Gasteiger partial charge in [0.1, 0.15) is 0 Å². The highest BCUT2D eigenvalue weighted by Crippen LogP contribution is 2.29. The number of para-hydroxylation sites is 1. The monoisotopic (exact) mass is 289 g/mol. The van der Waals surface area contributed by atoms with E-state index in [0.717, 1.165) is 33.5 Å². The standard InChI is InChI=1S/C19H20BNO/c1-4-14(3)17(5-2)18-11-6-7-12-19(18)21-16-10-8-9-15(13-16)20-22/h4-13,20-22H,1-2H2,3H3/b17-14+. The van der Waals surface area contributed by atoms with Gasteiger partial charge in [-0.2, -0.15) is 0 Å². The normalized spacial score (nSPS) is 11.4. The van der Waals surface area contributed by atoms with E-state index in [-0.39, 0.29) is 7.48 Å². The molecular formula is C19H20BNO. The number of hydrogen-bond acceptors (Lipinski definition) is 2. The quantitative estimate of drug-likeness (QED) is 0.629.